The largest absolute Gasteiger partial charge is 0.316 e. The van der Waals surface area contributed by atoms with Crippen LogP contribution in [0.25, 0.3) is 0 Å². The van der Waals surface area contributed by atoms with Crippen molar-refractivity contribution in [3.05, 3.63) is 33.4 Å². The molecule has 0 saturated carbocycles. The number of fused-ring (bicyclic) bond motifs is 1. The smallest absolute Gasteiger partial charge is 0.0233 e. The van der Waals surface area contributed by atoms with Gasteiger partial charge in [-0.25, -0.2) is 0 Å². The van der Waals surface area contributed by atoms with E-state index in [4.69, 9.17) is 0 Å². The van der Waals surface area contributed by atoms with E-state index in [-0.39, 0.29) is 0 Å². The average Bonchev–Trinajstić information content (AvgIpc) is 2.79. The summed E-state index contributed by atoms with van der Waals surface area (Å²) in [5.41, 5.74) is 1.45. The predicted molar refractivity (Wildman–Crippen MR) is 78.9 cm³/mol. The summed E-state index contributed by atoms with van der Waals surface area (Å²) in [6.45, 7) is 6.16. The van der Waals surface area contributed by atoms with Gasteiger partial charge in [0.1, 0.15) is 0 Å². The normalized spacial score (nSPS) is 29.2. The van der Waals surface area contributed by atoms with Gasteiger partial charge in [0.25, 0.3) is 0 Å². The minimum atomic E-state index is 0.896. The molecule has 3 rings (SSSR count). The minimum Gasteiger partial charge on any atom is -0.316 e. The molecule has 2 fully saturated rings. The molecule has 2 nitrogen and oxygen atoms in total. The molecule has 0 aromatic heterocycles. The molecule has 0 amide bonds. The van der Waals surface area contributed by atoms with Gasteiger partial charge in [-0.1, -0.05) is 12.1 Å². The van der Waals surface area contributed by atoms with E-state index in [1.807, 2.05) is 0 Å². The Morgan fingerprint density at radius 2 is 1.94 bits per heavy atom. The molecule has 1 aromatic rings. The molecule has 2 heterocycles. The van der Waals surface area contributed by atoms with E-state index in [2.05, 4.69) is 57.1 Å². The highest BCUT2D eigenvalue weighted by Gasteiger charge is 2.32. The Labute approximate surface area is 117 Å². The third-order valence-corrected chi connectivity index (χ3v) is 4.83. The average molecular weight is 342 g/mol. The molecule has 2 unspecified atom stereocenters. The zero-order valence-corrected chi connectivity index (χ0v) is 12.2. The predicted octanol–water partition coefficient (Wildman–Crippen LogP) is 2.33. The lowest BCUT2D eigenvalue weighted by molar-refractivity contribution is 0.142. The van der Waals surface area contributed by atoms with Gasteiger partial charge in [0.2, 0.25) is 0 Å². The number of hydrogen-bond donors (Lipinski definition) is 1. The summed E-state index contributed by atoms with van der Waals surface area (Å²) in [5.74, 6) is 1.84. The van der Waals surface area contributed by atoms with Crippen molar-refractivity contribution in [1.29, 1.82) is 0 Å². The van der Waals surface area contributed by atoms with E-state index in [1.54, 1.807) is 0 Å². The number of nitrogens with zero attached hydrogens (tertiary/aromatic N) is 1. The van der Waals surface area contributed by atoms with Crippen molar-refractivity contribution in [2.75, 3.05) is 26.2 Å². The van der Waals surface area contributed by atoms with Crippen LogP contribution in [-0.2, 0) is 6.54 Å². The molecule has 0 bridgehead atoms. The highest BCUT2D eigenvalue weighted by molar-refractivity contribution is 14.1. The van der Waals surface area contributed by atoms with Crippen molar-refractivity contribution in [3.8, 4) is 0 Å². The second kappa shape index (κ2) is 5.24. The van der Waals surface area contributed by atoms with Gasteiger partial charge in [-0.05, 0) is 78.2 Å². The second-order valence-corrected chi connectivity index (χ2v) is 6.57. The third-order valence-electron chi connectivity index (χ3n) is 4.11. The zero-order chi connectivity index (χ0) is 11.7. The summed E-state index contributed by atoms with van der Waals surface area (Å²) in [4.78, 5) is 2.62. The lowest BCUT2D eigenvalue weighted by Gasteiger charge is -2.34. The van der Waals surface area contributed by atoms with Crippen LogP contribution in [0.2, 0.25) is 0 Å². The molecule has 0 radical (unpaired) electrons. The number of hydrogen-bond acceptors (Lipinski definition) is 2. The molecule has 1 aromatic carbocycles. The van der Waals surface area contributed by atoms with Crippen molar-refractivity contribution >= 4 is 22.6 Å². The Balaban J connectivity index is 1.60. The van der Waals surface area contributed by atoms with Gasteiger partial charge >= 0.3 is 0 Å². The Bertz CT molecular complexity index is 376. The lowest BCUT2D eigenvalue weighted by atomic mass is 9.88. The van der Waals surface area contributed by atoms with Crippen molar-refractivity contribution in [1.82, 2.24) is 10.2 Å². The van der Waals surface area contributed by atoms with Crippen LogP contribution < -0.4 is 5.32 Å². The topological polar surface area (TPSA) is 15.3 Å². The molecular formula is C14H19IN2. The van der Waals surface area contributed by atoms with Gasteiger partial charge in [0.15, 0.2) is 0 Å². The van der Waals surface area contributed by atoms with Crippen LogP contribution in [0.5, 0.6) is 0 Å². The van der Waals surface area contributed by atoms with Crippen molar-refractivity contribution in [2.24, 2.45) is 11.8 Å². The summed E-state index contributed by atoms with van der Waals surface area (Å²) in [6, 6.07) is 8.95. The summed E-state index contributed by atoms with van der Waals surface area (Å²) in [6.07, 6.45) is 1.38. The molecule has 2 atom stereocenters. The number of likely N-dealkylation sites (tertiary alicyclic amines) is 1. The van der Waals surface area contributed by atoms with Crippen molar-refractivity contribution in [3.63, 3.8) is 0 Å². The fraction of sp³-hybridized carbons (Fsp3) is 0.571. The molecule has 2 saturated heterocycles. The van der Waals surface area contributed by atoms with Gasteiger partial charge in [0, 0.05) is 16.7 Å². The number of rotatable bonds is 2. The monoisotopic (exact) mass is 342 g/mol. The molecule has 3 heteroatoms. The van der Waals surface area contributed by atoms with E-state index in [9.17, 15) is 0 Å². The van der Waals surface area contributed by atoms with Gasteiger partial charge in [-0.15, -0.1) is 0 Å². The first-order valence-corrected chi connectivity index (χ1v) is 7.56. The van der Waals surface area contributed by atoms with Crippen molar-refractivity contribution < 1.29 is 0 Å². The van der Waals surface area contributed by atoms with E-state index in [0.29, 0.717) is 0 Å². The highest BCUT2D eigenvalue weighted by Crippen LogP contribution is 2.27. The number of nitrogens with one attached hydrogen (secondary N) is 1. The summed E-state index contributed by atoms with van der Waals surface area (Å²) in [7, 11) is 0. The van der Waals surface area contributed by atoms with E-state index in [1.165, 1.54) is 41.7 Å². The standard InChI is InChI=1S/C14H19IN2/c15-14-3-1-11(2-4-14)9-17-6-5-12-7-16-8-13(12)10-17/h1-4,12-13,16H,5-10H2. The van der Waals surface area contributed by atoms with Gasteiger partial charge in [0.05, 0.1) is 0 Å². The van der Waals surface area contributed by atoms with Crippen LogP contribution in [-0.4, -0.2) is 31.1 Å². The molecule has 0 spiro atoms. The molecule has 1 N–H and O–H groups in total. The lowest BCUT2D eigenvalue weighted by Crippen LogP contribution is -2.39. The van der Waals surface area contributed by atoms with Gasteiger partial charge in [-0.2, -0.15) is 0 Å². The zero-order valence-electron chi connectivity index (χ0n) is 10.0. The molecule has 2 aliphatic heterocycles. The van der Waals surface area contributed by atoms with Crippen LogP contribution in [0.4, 0.5) is 0 Å². The summed E-state index contributed by atoms with van der Waals surface area (Å²) < 4.78 is 1.32. The number of benzene rings is 1. The Morgan fingerprint density at radius 1 is 1.18 bits per heavy atom. The molecule has 0 aliphatic carbocycles. The van der Waals surface area contributed by atoms with Gasteiger partial charge < -0.3 is 5.32 Å². The Hall–Kier alpha value is -0.130. The molecule has 2 aliphatic rings. The minimum absolute atomic E-state index is 0.896. The fourth-order valence-electron chi connectivity index (χ4n) is 3.10. The fourth-order valence-corrected chi connectivity index (χ4v) is 3.46. The van der Waals surface area contributed by atoms with E-state index >= 15 is 0 Å². The third kappa shape index (κ3) is 2.83. The first-order chi connectivity index (χ1) is 8.31. The van der Waals surface area contributed by atoms with Crippen LogP contribution in [0.15, 0.2) is 24.3 Å². The summed E-state index contributed by atoms with van der Waals surface area (Å²) in [5, 5.41) is 3.53. The molecular weight excluding hydrogens is 323 g/mol. The SMILES string of the molecule is Ic1ccc(CN2CCC3CNCC3C2)cc1. The molecule has 17 heavy (non-hydrogen) atoms. The maximum Gasteiger partial charge on any atom is 0.0233 e. The molecule has 92 valence electrons. The van der Waals surface area contributed by atoms with E-state index in [0.717, 1.165) is 18.4 Å². The second-order valence-electron chi connectivity index (χ2n) is 5.33. The number of halogens is 1. The summed E-state index contributed by atoms with van der Waals surface area (Å²) >= 11 is 2.37. The van der Waals surface area contributed by atoms with Crippen LogP contribution in [0.1, 0.15) is 12.0 Å². The quantitative estimate of drug-likeness (QED) is 0.830. The maximum absolute atomic E-state index is 3.53. The van der Waals surface area contributed by atoms with E-state index < -0.39 is 0 Å². The number of piperidine rings is 1. The first kappa shape index (κ1) is 11.9. The van der Waals surface area contributed by atoms with Crippen LogP contribution >= 0.6 is 22.6 Å². The maximum atomic E-state index is 3.53. The van der Waals surface area contributed by atoms with Crippen LogP contribution in [0, 0.1) is 15.4 Å². The van der Waals surface area contributed by atoms with Crippen LogP contribution in [0.3, 0.4) is 0 Å². The first-order valence-electron chi connectivity index (χ1n) is 6.49. The highest BCUT2D eigenvalue weighted by atomic mass is 127. The Morgan fingerprint density at radius 3 is 2.76 bits per heavy atom. The van der Waals surface area contributed by atoms with Crippen molar-refractivity contribution in [2.45, 2.75) is 13.0 Å². The Kier molecular flexibility index (Phi) is 3.68. The van der Waals surface area contributed by atoms with Gasteiger partial charge in [-0.3, -0.25) is 4.90 Å².